The zero-order chi connectivity index (χ0) is 18.2. The molecule has 1 heterocycles. The van der Waals surface area contributed by atoms with Crippen molar-refractivity contribution in [2.24, 2.45) is 5.92 Å². The minimum atomic E-state index is -3.89. The van der Waals surface area contributed by atoms with Gasteiger partial charge in [-0.2, -0.15) is 8.42 Å². The van der Waals surface area contributed by atoms with Gasteiger partial charge in [-0.15, -0.1) is 0 Å². The highest BCUT2D eigenvalue weighted by Crippen LogP contribution is 2.28. The zero-order valence-corrected chi connectivity index (χ0v) is 15.3. The fraction of sp³-hybridized carbons (Fsp3) is 0.917. The summed E-state index contributed by atoms with van der Waals surface area (Å²) in [5.74, 6) is -1.09. The summed E-state index contributed by atoms with van der Waals surface area (Å²) in [7, 11) is -7.75. The number of nitrogens with zero attached hydrogens (tertiary/aromatic N) is 1. The molecule has 0 spiro atoms. The van der Waals surface area contributed by atoms with Crippen molar-refractivity contribution in [2.45, 2.75) is 37.9 Å². The number of hydrogen-bond acceptors (Lipinski definition) is 8. The molecule has 3 atom stereocenters. The molecule has 1 rings (SSSR count). The largest absolute Gasteiger partial charge is 0.444 e. The summed E-state index contributed by atoms with van der Waals surface area (Å²) in [6, 6.07) is 0. The molecular formula is C12H23NO8S2. The van der Waals surface area contributed by atoms with Gasteiger partial charge in [0.2, 0.25) is 0 Å². The Kier molecular flexibility index (Phi) is 5.72. The highest BCUT2D eigenvalue weighted by molar-refractivity contribution is 7.91. The van der Waals surface area contributed by atoms with Crippen LogP contribution in [0.15, 0.2) is 0 Å². The summed E-state index contributed by atoms with van der Waals surface area (Å²) in [6.07, 6.45) is -0.261. The summed E-state index contributed by atoms with van der Waals surface area (Å²) in [4.78, 5) is 13.2. The fourth-order valence-electron chi connectivity index (χ4n) is 2.19. The van der Waals surface area contributed by atoms with Crippen molar-refractivity contribution in [3.8, 4) is 0 Å². The van der Waals surface area contributed by atoms with Crippen LogP contribution in [0.2, 0.25) is 0 Å². The molecule has 3 unspecified atom stereocenters. The van der Waals surface area contributed by atoms with Crippen LogP contribution in [0.25, 0.3) is 0 Å². The average molecular weight is 373 g/mol. The molecule has 1 amide bonds. The van der Waals surface area contributed by atoms with E-state index < -0.39 is 49.1 Å². The number of amides is 1. The molecule has 1 aliphatic heterocycles. The van der Waals surface area contributed by atoms with Gasteiger partial charge >= 0.3 is 6.09 Å². The Morgan fingerprint density at radius 1 is 1.17 bits per heavy atom. The predicted octanol–water partition coefficient (Wildman–Crippen LogP) is -0.439. The van der Waals surface area contributed by atoms with Crippen LogP contribution in [-0.4, -0.2) is 75.7 Å². The molecule has 9 nitrogen and oxygen atoms in total. The van der Waals surface area contributed by atoms with Gasteiger partial charge < -0.3 is 14.7 Å². The van der Waals surface area contributed by atoms with Crippen molar-refractivity contribution in [3.05, 3.63) is 0 Å². The van der Waals surface area contributed by atoms with Crippen LogP contribution in [0, 0.1) is 5.92 Å². The van der Waals surface area contributed by atoms with Gasteiger partial charge in [-0.05, 0) is 20.8 Å². The second-order valence-electron chi connectivity index (χ2n) is 6.61. The monoisotopic (exact) mass is 373 g/mol. The normalized spacial score (nSPS) is 24.5. The molecule has 1 N–H and O–H groups in total. The molecule has 0 bridgehead atoms. The first-order valence-electron chi connectivity index (χ1n) is 6.83. The molecule has 0 aliphatic carbocycles. The Morgan fingerprint density at radius 2 is 1.70 bits per heavy atom. The third-order valence-corrected chi connectivity index (χ3v) is 4.89. The van der Waals surface area contributed by atoms with Gasteiger partial charge in [-0.25, -0.2) is 13.2 Å². The molecule has 23 heavy (non-hydrogen) atoms. The van der Waals surface area contributed by atoms with Crippen LogP contribution in [-0.2, 0) is 28.9 Å². The van der Waals surface area contributed by atoms with Gasteiger partial charge in [0.1, 0.15) is 11.7 Å². The third kappa shape index (κ3) is 6.24. The molecule has 1 saturated heterocycles. The molecule has 0 aromatic heterocycles. The summed E-state index contributed by atoms with van der Waals surface area (Å²) in [6.45, 7) is 4.60. The number of ether oxygens (including phenoxy) is 1. The molecule has 136 valence electrons. The second-order valence-corrected chi connectivity index (χ2v) is 10.4. The maximum absolute atomic E-state index is 12.1. The SMILES string of the molecule is CC(C)(C)OC(=O)N1CC(OS(C)(=O)=O)C(C(O)S(C)(=O)=O)C1. The number of carbonyl (C=O) groups is 1. The Bertz CT molecular complexity index is 649. The molecule has 0 aromatic rings. The van der Waals surface area contributed by atoms with E-state index >= 15 is 0 Å². The van der Waals surface area contributed by atoms with Gasteiger partial charge in [-0.3, -0.25) is 4.18 Å². The molecule has 0 saturated carbocycles. The lowest BCUT2D eigenvalue weighted by atomic mass is 10.1. The smallest absolute Gasteiger partial charge is 0.410 e. The van der Waals surface area contributed by atoms with E-state index in [4.69, 9.17) is 8.92 Å². The number of sulfone groups is 1. The topological polar surface area (TPSA) is 127 Å². The van der Waals surface area contributed by atoms with Crippen LogP contribution < -0.4 is 0 Å². The highest BCUT2D eigenvalue weighted by atomic mass is 32.2. The van der Waals surface area contributed by atoms with E-state index in [1.165, 1.54) is 0 Å². The van der Waals surface area contributed by atoms with Crippen molar-refractivity contribution in [1.29, 1.82) is 0 Å². The standard InChI is InChI=1S/C12H23NO8S2/c1-12(2,3)20-11(15)13-6-8(10(14)22(4,16)17)9(7-13)21-23(5,18)19/h8-10,14H,6-7H2,1-5H3. The summed E-state index contributed by atoms with van der Waals surface area (Å²) < 4.78 is 55.7. The van der Waals surface area contributed by atoms with E-state index in [-0.39, 0.29) is 13.1 Å². The van der Waals surface area contributed by atoms with Crippen LogP contribution >= 0.6 is 0 Å². The summed E-state index contributed by atoms with van der Waals surface area (Å²) in [5.41, 5.74) is -2.61. The van der Waals surface area contributed by atoms with Crippen LogP contribution in [0.4, 0.5) is 4.79 Å². The number of likely N-dealkylation sites (tertiary alicyclic amines) is 1. The van der Waals surface area contributed by atoms with Crippen LogP contribution in [0.5, 0.6) is 0 Å². The number of rotatable bonds is 4. The first-order valence-corrected chi connectivity index (χ1v) is 10.6. The molecule has 1 fully saturated rings. The molecule has 0 aromatic carbocycles. The van der Waals surface area contributed by atoms with Gasteiger partial charge in [0.05, 0.1) is 12.8 Å². The van der Waals surface area contributed by atoms with Crippen molar-refractivity contribution >= 4 is 26.0 Å². The Labute approximate surface area is 136 Å². The molecule has 0 radical (unpaired) electrons. The van der Waals surface area contributed by atoms with E-state index in [0.717, 1.165) is 17.4 Å². The maximum atomic E-state index is 12.1. The Hall–Kier alpha value is -0.910. The Morgan fingerprint density at radius 3 is 2.09 bits per heavy atom. The van der Waals surface area contributed by atoms with E-state index in [1.807, 2.05) is 0 Å². The predicted molar refractivity (Wildman–Crippen MR) is 81.9 cm³/mol. The van der Waals surface area contributed by atoms with Crippen molar-refractivity contribution in [1.82, 2.24) is 4.90 Å². The summed E-state index contributed by atoms with van der Waals surface area (Å²) in [5, 5.41) is 9.94. The number of aliphatic hydroxyl groups excluding tert-OH is 1. The Balaban J connectivity index is 3.00. The van der Waals surface area contributed by atoms with E-state index in [2.05, 4.69) is 0 Å². The minimum absolute atomic E-state index is 0.191. The molecule has 11 heteroatoms. The average Bonchev–Trinajstić information content (AvgIpc) is 2.65. The van der Waals surface area contributed by atoms with E-state index in [9.17, 15) is 26.7 Å². The lowest BCUT2D eigenvalue weighted by molar-refractivity contribution is 0.0273. The minimum Gasteiger partial charge on any atom is -0.444 e. The first kappa shape index (κ1) is 20.1. The lowest BCUT2D eigenvalue weighted by Gasteiger charge is -2.24. The zero-order valence-electron chi connectivity index (χ0n) is 13.7. The fourth-order valence-corrected chi connectivity index (χ4v) is 3.74. The highest BCUT2D eigenvalue weighted by Gasteiger charge is 2.46. The van der Waals surface area contributed by atoms with Gasteiger partial charge in [0.15, 0.2) is 15.3 Å². The van der Waals surface area contributed by atoms with Crippen molar-refractivity contribution in [3.63, 3.8) is 0 Å². The van der Waals surface area contributed by atoms with Crippen molar-refractivity contribution in [2.75, 3.05) is 25.6 Å². The molecular weight excluding hydrogens is 350 g/mol. The summed E-state index contributed by atoms with van der Waals surface area (Å²) >= 11 is 0. The van der Waals surface area contributed by atoms with Gasteiger partial charge in [0.25, 0.3) is 10.1 Å². The van der Waals surface area contributed by atoms with Crippen LogP contribution in [0.1, 0.15) is 20.8 Å². The number of aliphatic hydroxyl groups is 1. The second kappa shape index (κ2) is 6.54. The van der Waals surface area contributed by atoms with Crippen LogP contribution in [0.3, 0.4) is 0 Å². The van der Waals surface area contributed by atoms with Gasteiger partial charge in [0, 0.05) is 18.7 Å². The van der Waals surface area contributed by atoms with E-state index in [1.54, 1.807) is 20.8 Å². The maximum Gasteiger partial charge on any atom is 0.410 e. The third-order valence-electron chi connectivity index (χ3n) is 3.06. The van der Waals surface area contributed by atoms with Crippen molar-refractivity contribution < 1.29 is 35.7 Å². The quantitative estimate of drug-likeness (QED) is 0.657. The number of carbonyl (C=O) groups excluding carboxylic acids is 1. The lowest BCUT2D eigenvalue weighted by Crippen LogP contribution is -2.38. The number of hydrogen-bond donors (Lipinski definition) is 1. The molecule has 1 aliphatic rings. The van der Waals surface area contributed by atoms with Gasteiger partial charge in [-0.1, -0.05) is 0 Å². The van der Waals surface area contributed by atoms with E-state index in [0.29, 0.717) is 0 Å². The first-order chi connectivity index (χ1) is 10.1.